The van der Waals surface area contributed by atoms with Crippen molar-refractivity contribution < 1.29 is 5.11 Å². The predicted octanol–water partition coefficient (Wildman–Crippen LogP) is 3.56. The summed E-state index contributed by atoms with van der Waals surface area (Å²) in [5, 5.41) is 12.7. The molecule has 2 heteroatoms. The molecule has 0 saturated heterocycles. The highest BCUT2D eigenvalue weighted by atomic mass is 16.3. The van der Waals surface area contributed by atoms with Gasteiger partial charge in [-0.2, -0.15) is 0 Å². The number of aliphatic hydroxyl groups is 1. The number of anilines is 1. The molecule has 1 aromatic rings. The molecule has 0 saturated carbocycles. The first-order valence-electron chi connectivity index (χ1n) is 6.23. The molecule has 0 amide bonds. The Balaban J connectivity index is 2.45. The van der Waals surface area contributed by atoms with E-state index in [1.807, 2.05) is 24.3 Å². The van der Waals surface area contributed by atoms with Crippen molar-refractivity contribution in [1.82, 2.24) is 0 Å². The topological polar surface area (TPSA) is 32.3 Å². The Morgan fingerprint density at radius 3 is 2.69 bits per heavy atom. The van der Waals surface area contributed by atoms with Crippen LogP contribution in [0.1, 0.15) is 45.1 Å². The summed E-state index contributed by atoms with van der Waals surface area (Å²) in [4.78, 5) is 0. The fourth-order valence-electron chi connectivity index (χ4n) is 1.84. The van der Waals surface area contributed by atoms with E-state index in [9.17, 15) is 5.11 Å². The van der Waals surface area contributed by atoms with Gasteiger partial charge in [0.1, 0.15) is 0 Å². The Morgan fingerprint density at radius 2 is 2.00 bits per heavy atom. The van der Waals surface area contributed by atoms with Gasteiger partial charge in [-0.15, -0.1) is 0 Å². The Hall–Kier alpha value is -1.02. The molecule has 1 unspecified atom stereocenters. The number of hydrogen-bond donors (Lipinski definition) is 2. The fraction of sp³-hybridized carbons (Fsp3) is 0.571. The van der Waals surface area contributed by atoms with Gasteiger partial charge in [-0.25, -0.2) is 0 Å². The minimum Gasteiger partial charge on any atom is -0.392 e. The van der Waals surface area contributed by atoms with Crippen molar-refractivity contribution in [2.24, 2.45) is 0 Å². The van der Waals surface area contributed by atoms with Crippen molar-refractivity contribution in [2.45, 2.75) is 52.2 Å². The second-order valence-corrected chi connectivity index (χ2v) is 4.36. The third-order valence-electron chi connectivity index (χ3n) is 2.83. The zero-order valence-electron chi connectivity index (χ0n) is 10.4. The Bertz CT molecular complexity index is 299. The van der Waals surface area contributed by atoms with Crippen LogP contribution in [0.5, 0.6) is 0 Å². The highest BCUT2D eigenvalue weighted by Crippen LogP contribution is 2.17. The van der Waals surface area contributed by atoms with Crippen LogP contribution < -0.4 is 5.32 Å². The number of hydrogen-bond acceptors (Lipinski definition) is 2. The summed E-state index contributed by atoms with van der Waals surface area (Å²) in [5.41, 5.74) is 2.04. The van der Waals surface area contributed by atoms with Crippen LogP contribution in [0.4, 0.5) is 5.69 Å². The lowest BCUT2D eigenvalue weighted by molar-refractivity contribution is 0.282. The lowest BCUT2D eigenvalue weighted by Crippen LogP contribution is -2.16. The van der Waals surface area contributed by atoms with Crippen molar-refractivity contribution >= 4 is 5.69 Å². The van der Waals surface area contributed by atoms with Gasteiger partial charge in [-0.05, 0) is 19.4 Å². The van der Waals surface area contributed by atoms with E-state index in [4.69, 9.17) is 0 Å². The van der Waals surface area contributed by atoms with Gasteiger partial charge in [0.25, 0.3) is 0 Å². The number of benzene rings is 1. The third kappa shape index (κ3) is 4.23. The van der Waals surface area contributed by atoms with E-state index < -0.39 is 0 Å². The quantitative estimate of drug-likeness (QED) is 0.690. The van der Waals surface area contributed by atoms with Crippen LogP contribution in [-0.4, -0.2) is 11.1 Å². The average molecular weight is 221 g/mol. The zero-order chi connectivity index (χ0) is 11.8. The van der Waals surface area contributed by atoms with Crippen LogP contribution in [0, 0.1) is 0 Å². The highest BCUT2D eigenvalue weighted by molar-refractivity contribution is 5.51. The summed E-state index contributed by atoms with van der Waals surface area (Å²) in [6, 6.07) is 8.42. The van der Waals surface area contributed by atoms with E-state index in [-0.39, 0.29) is 6.61 Å². The number of para-hydroxylation sites is 1. The first-order valence-corrected chi connectivity index (χ1v) is 6.23. The molecule has 0 radical (unpaired) electrons. The SMILES string of the molecule is CCCCCC(C)Nc1ccccc1CO. The molecule has 16 heavy (non-hydrogen) atoms. The Labute approximate surface area is 98.7 Å². The monoisotopic (exact) mass is 221 g/mol. The van der Waals surface area contributed by atoms with Crippen LogP contribution in [0.3, 0.4) is 0 Å². The summed E-state index contributed by atoms with van der Waals surface area (Å²) in [7, 11) is 0. The van der Waals surface area contributed by atoms with Gasteiger partial charge in [-0.1, -0.05) is 44.4 Å². The summed E-state index contributed by atoms with van der Waals surface area (Å²) in [6.07, 6.45) is 5.02. The Morgan fingerprint density at radius 1 is 1.25 bits per heavy atom. The van der Waals surface area contributed by atoms with Crippen molar-refractivity contribution in [3.63, 3.8) is 0 Å². The van der Waals surface area contributed by atoms with Crippen LogP contribution in [-0.2, 0) is 6.61 Å². The average Bonchev–Trinajstić information content (AvgIpc) is 2.30. The van der Waals surface area contributed by atoms with Crippen molar-refractivity contribution in [3.05, 3.63) is 29.8 Å². The smallest absolute Gasteiger partial charge is 0.0701 e. The standard InChI is InChI=1S/C14H23NO/c1-3-4-5-8-12(2)15-14-10-7-6-9-13(14)11-16/h6-7,9-10,12,15-16H,3-5,8,11H2,1-2H3. The maximum Gasteiger partial charge on any atom is 0.0701 e. The second kappa shape index (κ2) is 7.29. The summed E-state index contributed by atoms with van der Waals surface area (Å²) >= 11 is 0. The maximum absolute atomic E-state index is 9.21. The van der Waals surface area contributed by atoms with Gasteiger partial charge in [0.15, 0.2) is 0 Å². The van der Waals surface area contributed by atoms with E-state index in [1.54, 1.807) is 0 Å². The molecule has 2 N–H and O–H groups in total. The van der Waals surface area contributed by atoms with Gasteiger partial charge >= 0.3 is 0 Å². The van der Waals surface area contributed by atoms with Gasteiger partial charge in [0.2, 0.25) is 0 Å². The molecule has 0 aromatic heterocycles. The summed E-state index contributed by atoms with van der Waals surface area (Å²) in [6.45, 7) is 4.52. The van der Waals surface area contributed by atoms with Crippen molar-refractivity contribution in [1.29, 1.82) is 0 Å². The highest BCUT2D eigenvalue weighted by Gasteiger charge is 2.04. The maximum atomic E-state index is 9.21. The molecule has 0 fully saturated rings. The van der Waals surface area contributed by atoms with Crippen molar-refractivity contribution in [2.75, 3.05) is 5.32 Å². The van der Waals surface area contributed by atoms with Crippen molar-refractivity contribution in [3.8, 4) is 0 Å². The van der Waals surface area contributed by atoms with Crippen LogP contribution in [0.25, 0.3) is 0 Å². The van der Waals surface area contributed by atoms with Gasteiger partial charge in [0.05, 0.1) is 6.61 Å². The van der Waals surface area contributed by atoms with E-state index in [0.29, 0.717) is 6.04 Å². The van der Waals surface area contributed by atoms with Gasteiger partial charge < -0.3 is 10.4 Å². The molecule has 1 atom stereocenters. The number of unbranched alkanes of at least 4 members (excludes halogenated alkanes) is 2. The second-order valence-electron chi connectivity index (χ2n) is 4.36. The van der Waals surface area contributed by atoms with Crippen LogP contribution >= 0.6 is 0 Å². The first-order chi connectivity index (χ1) is 7.77. The molecule has 0 aliphatic carbocycles. The molecular formula is C14H23NO. The van der Waals surface area contributed by atoms with Crippen LogP contribution in [0.15, 0.2) is 24.3 Å². The Kier molecular flexibility index (Phi) is 5.94. The van der Waals surface area contributed by atoms with Crippen LogP contribution in [0.2, 0.25) is 0 Å². The molecule has 0 spiro atoms. The molecule has 2 nitrogen and oxygen atoms in total. The first kappa shape index (κ1) is 13.0. The predicted molar refractivity (Wildman–Crippen MR) is 69.6 cm³/mol. The summed E-state index contributed by atoms with van der Waals surface area (Å²) in [5.74, 6) is 0. The van der Waals surface area contributed by atoms with E-state index >= 15 is 0 Å². The van der Waals surface area contributed by atoms with Gasteiger partial charge in [-0.3, -0.25) is 0 Å². The summed E-state index contributed by atoms with van der Waals surface area (Å²) < 4.78 is 0. The lowest BCUT2D eigenvalue weighted by Gasteiger charge is -2.17. The largest absolute Gasteiger partial charge is 0.392 e. The normalized spacial score (nSPS) is 12.4. The lowest BCUT2D eigenvalue weighted by atomic mass is 10.1. The minimum atomic E-state index is 0.102. The number of aliphatic hydroxyl groups excluding tert-OH is 1. The van der Waals surface area contributed by atoms with E-state index in [1.165, 1.54) is 25.7 Å². The molecule has 1 rings (SSSR count). The molecular weight excluding hydrogens is 198 g/mol. The molecule has 0 aliphatic rings. The molecule has 0 heterocycles. The molecule has 1 aromatic carbocycles. The number of nitrogens with one attached hydrogen (secondary N) is 1. The van der Waals surface area contributed by atoms with E-state index in [0.717, 1.165) is 11.3 Å². The third-order valence-corrected chi connectivity index (χ3v) is 2.83. The fourth-order valence-corrected chi connectivity index (χ4v) is 1.84. The minimum absolute atomic E-state index is 0.102. The molecule has 90 valence electrons. The zero-order valence-corrected chi connectivity index (χ0v) is 10.4. The van der Waals surface area contributed by atoms with Gasteiger partial charge in [0, 0.05) is 17.3 Å². The molecule has 0 bridgehead atoms. The molecule has 0 aliphatic heterocycles. The van der Waals surface area contributed by atoms with E-state index in [2.05, 4.69) is 19.2 Å². The number of rotatable bonds is 7.